The van der Waals surface area contributed by atoms with Crippen molar-refractivity contribution >= 4 is 36.9 Å². The summed E-state index contributed by atoms with van der Waals surface area (Å²) in [6.07, 6.45) is 1.90. The number of nitrogens with zero attached hydrogens (tertiary/aromatic N) is 1. The Kier molecular flexibility index (Phi) is 8.65. The average molecular weight is 662 g/mol. The number of aromatic nitrogens is 1. The third kappa shape index (κ3) is 6.72. The fourth-order valence-electron chi connectivity index (χ4n) is 5.83. The largest absolute Gasteiger partial charge is 0.491 e. The highest BCUT2D eigenvalue weighted by Crippen LogP contribution is 2.37. The number of aromatic amines is 1. The van der Waals surface area contributed by atoms with E-state index in [2.05, 4.69) is 10.3 Å². The molecular weight excluding hydrogens is 626 g/mol. The molecule has 0 radical (unpaired) electrons. The van der Waals surface area contributed by atoms with Crippen molar-refractivity contribution in [2.24, 2.45) is 0 Å². The van der Waals surface area contributed by atoms with Crippen LogP contribution >= 0.6 is 0 Å². The summed E-state index contributed by atoms with van der Waals surface area (Å²) in [5.41, 5.74) is -0.605. The number of hydrogen-bond acceptors (Lipinski definition) is 10. The molecule has 1 aliphatic carbocycles. The van der Waals surface area contributed by atoms with Crippen LogP contribution < -0.4 is 15.5 Å². The molecule has 15 heteroatoms. The molecule has 3 aromatic rings. The maximum Gasteiger partial charge on any atom is 0.407 e. The number of fused-ring (bicyclic) bond motifs is 1. The monoisotopic (exact) mass is 661 g/mol. The molecule has 1 aromatic heterocycles. The quantitative estimate of drug-likeness (QED) is 0.291. The zero-order valence-electron chi connectivity index (χ0n) is 24.4. The zero-order chi connectivity index (χ0) is 31.8. The van der Waals surface area contributed by atoms with Crippen LogP contribution in [0.4, 0.5) is 4.79 Å². The number of sulfone groups is 1. The molecule has 3 heterocycles. The molecule has 45 heavy (non-hydrogen) atoms. The highest BCUT2D eigenvalue weighted by molar-refractivity contribution is 7.92. The van der Waals surface area contributed by atoms with Crippen LogP contribution in [-0.4, -0.2) is 93.2 Å². The summed E-state index contributed by atoms with van der Waals surface area (Å²) >= 11 is 0. The summed E-state index contributed by atoms with van der Waals surface area (Å²) in [6.45, 7) is -0.00952. The van der Waals surface area contributed by atoms with E-state index in [9.17, 15) is 31.5 Å². The molecular formula is C30H35N3O10S2. The first-order chi connectivity index (χ1) is 21.5. The van der Waals surface area contributed by atoms with Gasteiger partial charge in [-0.15, -0.1) is 0 Å². The molecule has 13 nitrogen and oxygen atoms in total. The zero-order valence-corrected chi connectivity index (χ0v) is 26.0. The van der Waals surface area contributed by atoms with Crippen LogP contribution in [0.5, 0.6) is 5.75 Å². The maximum absolute atomic E-state index is 13.3. The van der Waals surface area contributed by atoms with Crippen molar-refractivity contribution in [2.75, 3.05) is 32.9 Å². The van der Waals surface area contributed by atoms with Crippen LogP contribution in [0.1, 0.15) is 32.1 Å². The van der Waals surface area contributed by atoms with E-state index in [0.29, 0.717) is 43.0 Å². The molecule has 2 aliphatic heterocycles. The minimum atomic E-state index is -4.03. The van der Waals surface area contributed by atoms with Gasteiger partial charge in [-0.05, 0) is 62.4 Å². The number of hydrogen-bond donors (Lipinski definition) is 3. The number of H-pyrrole nitrogens is 1. The minimum Gasteiger partial charge on any atom is -0.491 e. The van der Waals surface area contributed by atoms with Crippen molar-refractivity contribution in [1.29, 1.82) is 0 Å². The number of aliphatic hydroxyl groups excluding tert-OH is 1. The highest BCUT2D eigenvalue weighted by Gasteiger charge is 2.45. The van der Waals surface area contributed by atoms with E-state index in [1.165, 1.54) is 22.6 Å². The van der Waals surface area contributed by atoms with Crippen molar-refractivity contribution in [1.82, 2.24) is 14.6 Å². The van der Waals surface area contributed by atoms with Crippen molar-refractivity contribution in [3.05, 3.63) is 65.0 Å². The predicted octanol–water partition coefficient (Wildman–Crippen LogP) is 1.94. The molecule has 0 unspecified atom stereocenters. The Morgan fingerprint density at radius 3 is 2.60 bits per heavy atom. The standard InChI is InChI=1S/C30H35N3O10S2/c34-21(18-41-22-4-3-5-24(14-22)44(37,38)23-8-9-23)19-42-29(36)32-20-15-30(43-17-20)10-12-33(13-11-30)45(39,40)27-16-31-26-7-2-1-6-25(26)28(27)35/h1-7,14,16,20-21,23,34H,8-13,15,17-19H2,(H,31,35)(H,32,36)/t20-,21+/m1/s1. The smallest absolute Gasteiger partial charge is 0.407 e. The SMILES string of the molecule is O=C(N[C@H]1COC2(CCN(S(=O)(=O)c3c[nH]c4ccccc4c3=O)CC2)C1)OC[C@@H](O)COc1cccc(S(=O)(=O)C2CC2)c1. The number of carbonyl (C=O) groups is 1. The van der Waals surface area contributed by atoms with E-state index >= 15 is 0 Å². The fraction of sp³-hybridized carbons (Fsp3) is 0.467. The normalized spacial score (nSPS) is 21.0. The van der Waals surface area contributed by atoms with Gasteiger partial charge in [0.25, 0.3) is 0 Å². The number of ether oxygens (including phenoxy) is 3. The van der Waals surface area contributed by atoms with Crippen LogP contribution in [0.15, 0.2) is 69.3 Å². The summed E-state index contributed by atoms with van der Waals surface area (Å²) in [5, 5.41) is 12.9. The summed E-state index contributed by atoms with van der Waals surface area (Å²) in [6, 6.07) is 12.5. The second-order valence-corrected chi connectivity index (χ2v) is 15.9. The Morgan fingerprint density at radius 2 is 1.84 bits per heavy atom. The Morgan fingerprint density at radius 1 is 1.09 bits per heavy atom. The van der Waals surface area contributed by atoms with Gasteiger partial charge in [0.05, 0.1) is 28.4 Å². The number of alkyl carbamates (subject to hydrolysis) is 1. The van der Waals surface area contributed by atoms with Gasteiger partial charge < -0.3 is 29.6 Å². The summed E-state index contributed by atoms with van der Waals surface area (Å²) in [4.78, 5) is 28.1. The Balaban J connectivity index is 0.951. The minimum absolute atomic E-state index is 0.160. The number of nitrogens with one attached hydrogen (secondary N) is 2. The molecule has 1 spiro atoms. The van der Waals surface area contributed by atoms with Crippen molar-refractivity contribution < 1.29 is 40.9 Å². The third-order valence-corrected chi connectivity index (χ3v) is 12.6. The molecule has 1 saturated carbocycles. The van der Waals surface area contributed by atoms with E-state index in [0.717, 1.165) is 0 Å². The summed E-state index contributed by atoms with van der Waals surface area (Å²) < 4.78 is 69.6. The number of piperidine rings is 1. The molecule has 2 saturated heterocycles. The average Bonchev–Trinajstić information content (AvgIpc) is 3.83. The van der Waals surface area contributed by atoms with Gasteiger partial charge in [0.15, 0.2) is 9.84 Å². The number of pyridine rings is 1. The van der Waals surface area contributed by atoms with Gasteiger partial charge in [-0.1, -0.05) is 18.2 Å². The van der Waals surface area contributed by atoms with E-state index in [1.54, 1.807) is 36.4 Å². The Hall–Kier alpha value is -3.50. The van der Waals surface area contributed by atoms with Crippen LogP contribution in [0.3, 0.4) is 0 Å². The van der Waals surface area contributed by atoms with Gasteiger partial charge in [0.1, 0.15) is 30.0 Å². The fourth-order valence-corrected chi connectivity index (χ4v) is 9.02. The first-order valence-electron chi connectivity index (χ1n) is 14.8. The number of rotatable bonds is 10. The number of amides is 1. The summed E-state index contributed by atoms with van der Waals surface area (Å²) in [7, 11) is -7.40. The lowest BCUT2D eigenvalue weighted by molar-refractivity contribution is -0.0312. The number of aliphatic hydroxyl groups is 1. The lowest BCUT2D eigenvalue weighted by Gasteiger charge is -2.37. The van der Waals surface area contributed by atoms with Crippen molar-refractivity contribution in [3.8, 4) is 5.75 Å². The molecule has 6 rings (SSSR count). The lowest BCUT2D eigenvalue weighted by atomic mass is 9.88. The first kappa shape index (κ1) is 31.5. The molecule has 3 N–H and O–H groups in total. The van der Waals surface area contributed by atoms with Gasteiger partial charge in [-0.25, -0.2) is 21.6 Å². The van der Waals surface area contributed by atoms with Gasteiger partial charge in [0, 0.05) is 30.2 Å². The van der Waals surface area contributed by atoms with Gasteiger partial charge >= 0.3 is 6.09 Å². The van der Waals surface area contributed by atoms with Crippen LogP contribution in [0, 0.1) is 0 Å². The van der Waals surface area contributed by atoms with Crippen LogP contribution in [0.25, 0.3) is 10.9 Å². The highest BCUT2D eigenvalue weighted by atomic mass is 32.2. The number of benzene rings is 2. The molecule has 2 aromatic carbocycles. The Labute approximate surface area is 260 Å². The molecule has 242 valence electrons. The number of carbonyl (C=O) groups excluding carboxylic acids is 1. The molecule has 2 atom stereocenters. The van der Waals surface area contributed by atoms with E-state index in [4.69, 9.17) is 14.2 Å². The van der Waals surface area contributed by atoms with Crippen molar-refractivity contribution in [2.45, 2.75) is 64.9 Å². The van der Waals surface area contributed by atoms with Crippen LogP contribution in [0.2, 0.25) is 0 Å². The number of sulfonamides is 1. The van der Waals surface area contributed by atoms with Gasteiger partial charge in [0.2, 0.25) is 15.5 Å². The second-order valence-electron chi connectivity index (χ2n) is 11.8. The second kappa shape index (κ2) is 12.4. The molecule has 0 bridgehead atoms. The van der Waals surface area contributed by atoms with Crippen molar-refractivity contribution in [3.63, 3.8) is 0 Å². The van der Waals surface area contributed by atoms with Crippen LogP contribution in [-0.2, 0) is 29.3 Å². The lowest BCUT2D eigenvalue weighted by Crippen LogP contribution is -2.47. The first-order valence-corrected chi connectivity index (χ1v) is 17.8. The molecule has 3 fully saturated rings. The Bertz CT molecular complexity index is 1850. The van der Waals surface area contributed by atoms with E-state index in [-0.39, 0.29) is 59.7 Å². The van der Waals surface area contributed by atoms with E-state index < -0.39 is 43.1 Å². The predicted molar refractivity (Wildman–Crippen MR) is 162 cm³/mol. The number of para-hydroxylation sites is 1. The third-order valence-electron chi connectivity index (χ3n) is 8.48. The van der Waals surface area contributed by atoms with Gasteiger partial charge in [-0.2, -0.15) is 4.31 Å². The molecule has 1 amide bonds. The topological polar surface area (TPSA) is 181 Å². The summed E-state index contributed by atoms with van der Waals surface area (Å²) in [5.74, 6) is 0.288. The van der Waals surface area contributed by atoms with E-state index in [1.807, 2.05) is 0 Å². The molecule has 3 aliphatic rings. The van der Waals surface area contributed by atoms with Gasteiger partial charge in [-0.3, -0.25) is 4.79 Å². The maximum atomic E-state index is 13.3.